The third-order valence-corrected chi connectivity index (χ3v) is 0. The summed E-state index contributed by atoms with van der Waals surface area (Å²) in [5, 5.41) is 0. The average Bonchev–Trinajstić information content (AvgIpc) is 1.79. The smallest absolute Gasteiger partial charge is 1.00 e. The van der Waals surface area contributed by atoms with Crippen molar-refractivity contribution in [3.8, 4) is 0 Å². The zero-order valence-corrected chi connectivity index (χ0v) is 28.7. The van der Waals surface area contributed by atoms with Crippen LogP contribution in [0.5, 0.6) is 0 Å². The van der Waals surface area contributed by atoms with Crippen molar-refractivity contribution in [1.82, 2.24) is 0 Å². The molecule has 20 nitrogen and oxygen atoms in total. The largest absolute Gasteiger partial charge is 3.00 e. The van der Waals surface area contributed by atoms with E-state index in [1.54, 1.807) is 0 Å². The van der Waals surface area contributed by atoms with E-state index in [1.165, 1.54) is 0 Å². The van der Waals surface area contributed by atoms with Crippen molar-refractivity contribution in [2.24, 2.45) is 0 Å². The Morgan fingerprint density at radius 2 is 0.250 bits per heavy atom. The van der Waals surface area contributed by atoms with Crippen LogP contribution < -0.4 is 62.0 Å². The van der Waals surface area contributed by atoms with Crippen molar-refractivity contribution in [1.29, 1.82) is 0 Å². The molecule has 0 fully saturated rings. The van der Waals surface area contributed by atoms with Crippen molar-refractivity contribution in [2.45, 2.75) is 0 Å². The van der Waals surface area contributed by atoms with E-state index in [2.05, 4.69) is 0 Å². The zero-order chi connectivity index (χ0) is 22.5. The molecule has 0 saturated carbocycles. The number of halogens is 5. The summed E-state index contributed by atoms with van der Waals surface area (Å²) in [6.45, 7) is 0. The topological polar surface area (TPSA) is 401 Å². The molecule has 3 radical (unpaired) electrons. The third-order valence-electron chi connectivity index (χ3n) is 0. The summed E-state index contributed by atoms with van der Waals surface area (Å²) in [5.74, 6) is 0. The van der Waals surface area contributed by atoms with E-state index in [9.17, 15) is 0 Å². The van der Waals surface area contributed by atoms with E-state index in [0.29, 0.717) is 0 Å². The molecule has 0 heterocycles. The van der Waals surface area contributed by atoms with Crippen LogP contribution in [-0.2, 0) is 154 Å². The van der Waals surface area contributed by atoms with Gasteiger partial charge in [-0.15, -0.1) is 0 Å². The van der Waals surface area contributed by atoms with Crippen molar-refractivity contribution >= 4 is 52.0 Å². The molecule has 0 aromatic carbocycles. The van der Waals surface area contributed by atoms with E-state index >= 15 is 0 Å². The van der Waals surface area contributed by atoms with Crippen molar-refractivity contribution in [3.05, 3.63) is 0 Å². The molecular weight excluding hydrogens is 993 g/mol. The SMILES string of the molecule is O=S(=O)([O-])[O-].O=S(=O)([O-])[O-].O=S(=O)([O-])[O-].O=S(=O)([O-])[O-].O=S(=O)([O-])[O-].[Cl-].[Cl-].[Cl-].[Cl-].[Cl-].[Fe+2].[Fe+2].[Fe+2].[Fe+3].[Fe+3].[Fe+3]. The fourth-order valence-electron chi connectivity index (χ4n) is 0. The molecule has 0 amide bonds. The van der Waals surface area contributed by atoms with E-state index in [-0.39, 0.29) is 164 Å². The van der Waals surface area contributed by atoms with Crippen molar-refractivity contribution < 1.29 is 252 Å². The van der Waals surface area contributed by atoms with Crippen LogP contribution >= 0.6 is 0 Å². The fourth-order valence-corrected chi connectivity index (χ4v) is 0. The van der Waals surface area contributed by atoms with Crippen LogP contribution in [0.25, 0.3) is 0 Å². The van der Waals surface area contributed by atoms with E-state index in [1.807, 2.05) is 0 Å². The van der Waals surface area contributed by atoms with Crippen LogP contribution in [0.1, 0.15) is 0 Å². The Kier molecular flexibility index (Phi) is 143. The van der Waals surface area contributed by atoms with Crippen LogP contribution in [-0.4, -0.2) is 87.6 Å². The van der Waals surface area contributed by atoms with Gasteiger partial charge in [0.2, 0.25) is 0 Å². The standard InChI is InChI=1S/5ClH.6Fe.5H2O4S/c;;;;;;;;;;;5*1-5(2,3)4/h5*1H;;;;;;;5*(H2,1,2,3,4)/q;;;;;3*+2;3*+3;;;;;/p-15. The maximum absolute atomic E-state index is 8.52. The minimum absolute atomic E-state index is 0. The molecular formula is Cl5Fe6O20S5. The van der Waals surface area contributed by atoms with Crippen LogP contribution in [0.3, 0.4) is 0 Å². The first-order valence-electron chi connectivity index (χ1n) is 3.33. The quantitative estimate of drug-likeness (QED) is 0.123. The Morgan fingerprint density at radius 3 is 0.250 bits per heavy atom. The summed E-state index contributed by atoms with van der Waals surface area (Å²) >= 11 is 0. The van der Waals surface area contributed by atoms with Gasteiger partial charge < -0.3 is 108 Å². The minimum atomic E-state index is -5.17. The summed E-state index contributed by atoms with van der Waals surface area (Å²) in [5.41, 5.74) is 0. The minimum Gasteiger partial charge on any atom is -1.00 e. The maximum Gasteiger partial charge on any atom is 3.00 e. The Morgan fingerprint density at radius 1 is 0.250 bits per heavy atom. The first-order valence-corrected chi connectivity index (χ1v) is 10.0. The van der Waals surface area contributed by atoms with Gasteiger partial charge in [0.1, 0.15) is 0 Å². The summed E-state index contributed by atoms with van der Waals surface area (Å²) < 4.78 is 170. The monoisotopic (exact) mass is 990 g/mol. The molecule has 0 aromatic rings. The molecule has 0 unspecified atom stereocenters. The molecule has 0 aliphatic rings. The average molecular weight is 993 g/mol. The first kappa shape index (κ1) is 106. The number of rotatable bonds is 0. The molecule has 36 heteroatoms. The third kappa shape index (κ3) is 3370. The molecule has 0 rings (SSSR count). The molecule has 0 atom stereocenters. The number of hydrogen-bond donors (Lipinski definition) is 0. The number of hydrogen-bond acceptors (Lipinski definition) is 20. The van der Waals surface area contributed by atoms with Crippen LogP contribution in [0, 0.1) is 0 Å². The molecule has 0 N–H and O–H groups in total. The van der Waals surface area contributed by atoms with Crippen LogP contribution in [0.15, 0.2) is 0 Å². The summed E-state index contributed by atoms with van der Waals surface area (Å²) in [4.78, 5) is 0. The normalized spacial score (nSPS) is 8.06. The van der Waals surface area contributed by atoms with Gasteiger partial charge >= 0.3 is 102 Å². The van der Waals surface area contributed by atoms with Gasteiger partial charge in [0.25, 0.3) is 0 Å². The van der Waals surface area contributed by atoms with Gasteiger partial charge in [0.15, 0.2) is 0 Å². The maximum atomic E-state index is 8.52. The zero-order valence-electron chi connectivity index (χ0n) is 14.2. The van der Waals surface area contributed by atoms with Crippen LogP contribution in [0.2, 0.25) is 0 Å². The van der Waals surface area contributed by atoms with Gasteiger partial charge in [-0.25, -0.2) is 0 Å². The van der Waals surface area contributed by atoms with E-state index in [0.717, 1.165) is 0 Å². The predicted octanol–water partition coefficient (Wildman–Crippen LogP) is -21.7. The summed E-state index contributed by atoms with van der Waals surface area (Å²) in [6, 6.07) is 0. The van der Waals surface area contributed by atoms with Gasteiger partial charge in [0, 0.05) is 52.0 Å². The predicted molar refractivity (Wildman–Crippen MR) is 52.4 cm³/mol. The second-order valence-electron chi connectivity index (χ2n) is 2.04. The second-order valence-corrected chi connectivity index (χ2v) is 6.12. The van der Waals surface area contributed by atoms with Gasteiger partial charge in [0.05, 0.1) is 0 Å². The first-order chi connectivity index (χ1) is 10.0. The summed E-state index contributed by atoms with van der Waals surface area (Å²) in [6.07, 6.45) is 0. The van der Waals surface area contributed by atoms with Gasteiger partial charge in [-0.1, -0.05) is 0 Å². The van der Waals surface area contributed by atoms with Gasteiger partial charge in [-0.05, 0) is 0 Å². The van der Waals surface area contributed by atoms with Gasteiger partial charge in [-0.2, -0.15) is 0 Å². The Bertz CT molecular complexity index is 651. The second kappa shape index (κ2) is 48.6. The summed E-state index contributed by atoms with van der Waals surface area (Å²) in [7, 11) is -25.8. The molecule has 233 valence electrons. The van der Waals surface area contributed by atoms with Crippen LogP contribution in [0.4, 0.5) is 0 Å². The Hall–Kier alpha value is 3.92. The molecule has 0 aliphatic heterocycles. The molecule has 0 bridgehead atoms. The van der Waals surface area contributed by atoms with E-state index < -0.39 is 52.0 Å². The molecule has 0 saturated heterocycles. The Balaban J connectivity index is -0.00000000922. The van der Waals surface area contributed by atoms with Crippen molar-refractivity contribution in [2.75, 3.05) is 0 Å². The molecule has 0 aromatic heterocycles. The molecule has 36 heavy (non-hydrogen) atoms. The van der Waals surface area contributed by atoms with Crippen molar-refractivity contribution in [3.63, 3.8) is 0 Å². The fraction of sp³-hybridized carbons (Fsp3) is 0. The molecule has 0 spiro atoms. The molecule has 0 aliphatic carbocycles. The van der Waals surface area contributed by atoms with Gasteiger partial charge in [-0.3, -0.25) is 42.1 Å². The van der Waals surface area contributed by atoms with E-state index in [4.69, 9.17) is 87.6 Å². The Labute approximate surface area is 300 Å².